The number of halogens is 2. The van der Waals surface area contributed by atoms with Crippen molar-refractivity contribution in [2.24, 2.45) is 7.05 Å². The minimum absolute atomic E-state index is 0.0965. The number of aromatic nitrogens is 2. The molecule has 1 heterocycles. The molecule has 102 valence electrons. The molecule has 0 aliphatic rings. The molecule has 1 atom stereocenters. The van der Waals surface area contributed by atoms with Gasteiger partial charge in [0.2, 0.25) is 0 Å². The van der Waals surface area contributed by atoms with Crippen molar-refractivity contribution in [2.45, 2.75) is 19.5 Å². The smallest absolute Gasteiger partial charge is 0.130 e. The van der Waals surface area contributed by atoms with Gasteiger partial charge in [-0.1, -0.05) is 6.07 Å². The number of aryl methyl sites for hydroxylation is 1. The largest absolute Gasteiger partial charge is 0.337 e. The molecule has 0 saturated carbocycles. The maximum absolute atomic E-state index is 13.7. The molecule has 1 unspecified atom stereocenters. The lowest BCUT2D eigenvalue weighted by molar-refractivity contribution is 0.234. The highest BCUT2D eigenvalue weighted by Gasteiger charge is 2.20. The topological polar surface area (TPSA) is 21.1 Å². The number of benzene rings is 1. The van der Waals surface area contributed by atoms with Gasteiger partial charge in [0.1, 0.15) is 17.5 Å². The molecule has 1 aromatic carbocycles. The molecule has 19 heavy (non-hydrogen) atoms. The van der Waals surface area contributed by atoms with Crippen LogP contribution < -0.4 is 0 Å². The maximum Gasteiger partial charge on any atom is 0.130 e. The number of rotatable bonds is 4. The number of hydrogen-bond donors (Lipinski definition) is 0. The molecular formula is C14H17F2N3. The van der Waals surface area contributed by atoms with Gasteiger partial charge in [0.25, 0.3) is 0 Å². The highest BCUT2D eigenvalue weighted by Crippen LogP contribution is 2.25. The van der Waals surface area contributed by atoms with Gasteiger partial charge in [-0.3, -0.25) is 4.90 Å². The molecule has 3 nitrogen and oxygen atoms in total. The van der Waals surface area contributed by atoms with Crippen molar-refractivity contribution in [3.8, 4) is 0 Å². The van der Waals surface area contributed by atoms with Crippen LogP contribution in [-0.4, -0.2) is 21.5 Å². The van der Waals surface area contributed by atoms with E-state index < -0.39 is 11.6 Å². The average molecular weight is 265 g/mol. The molecular weight excluding hydrogens is 248 g/mol. The summed E-state index contributed by atoms with van der Waals surface area (Å²) in [6, 6.07) is 3.57. The third kappa shape index (κ3) is 2.81. The summed E-state index contributed by atoms with van der Waals surface area (Å²) in [4.78, 5) is 6.08. The van der Waals surface area contributed by atoms with Crippen molar-refractivity contribution >= 4 is 0 Å². The molecule has 0 radical (unpaired) electrons. The van der Waals surface area contributed by atoms with E-state index in [1.54, 1.807) is 13.1 Å². The van der Waals surface area contributed by atoms with E-state index in [1.807, 2.05) is 29.8 Å². The lowest BCUT2D eigenvalue weighted by Gasteiger charge is -2.25. The first-order chi connectivity index (χ1) is 9.00. The predicted octanol–water partition coefficient (Wildman–Crippen LogP) is 2.89. The first-order valence-electron chi connectivity index (χ1n) is 6.11. The van der Waals surface area contributed by atoms with E-state index >= 15 is 0 Å². The Hall–Kier alpha value is -1.75. The Balaban J connectivity index is 2.19. The van der Waals surface area contributed by atoms with Gasteiger partial charge in [-0.2, -0.15) is 0 Å². The highest BCUT2D eigenvalue weighted by atomic mass is 19.1. The molecule has 2 aromatic rings. The zero-order valence-electron chi connectivity index (χ0n) is 11.3. The van der Waals surface area contributed by atoms with Gasteiger partial charge in [0.05, 0.1) is 6.54 Å². The van der Waals surface area contributed by atoms with Crippen LogP contribution in [0.15, 0.2) is 30.6 Å². The second-order valence-electron chi connectivity index (χ2n) is 4.68. The van der Waals surface area contributed by atoms with Gasteiger partial charge in [-0.15, -0.1) is 0 Å². The Bertz CT molecular complexity index is 545. The van der Waals surface area contributed by atoms with Crippen LogP contribution in [-0.2, 0) is 13.6 Å². The Morgan fingerprint density at radius 2 is 1.95 bits per heavy atom. The van der Waals surface area contributed by atoms with Crippen molar-refractivity contribution in [1.82, 2.24) is 14.5 Å². The summed E-state index contributed by atoms with van der Waals surface area (Å²) in [5, 5.41) is 0. The van der Waals surface area contributed by atoms with Crippen LogP contribution in [0.25, 0.3) is 0 Å². The molecule has 0 spiro atoms. The average Bonchev–Trinajstić information content (AvgIpc) is 2.74. The van der Waals surface area contributed by atoms with Crippen LogP contribution in [0.3, 0.4) is 0 Å². The molecule has 0 fully saturated rings. The molecule has 0 aliphatic heterocycles. The normalized spacial score (nSPS) is 12.9. The van der Waals surface area contributed by atoms with Crippen LogP contribution in [0.2, 0.25) is 0 Å². The first kappa shape index (κ1) is 13.7. The lowest BCUT2D eigenvalue weighted by atomic mass is 10.1. The Labute approximate surface area is 111 Å². The molecule has 0 amide bonds. The molecule has 5 heteroatoms. The van der Waals surface area contributed by atoms with Crippen LogP contribution >= 0.6 is 0 Å². The van der Waals surface area contributed by atoms with E-state index in [-0.39, 0.29) is 11.6 Å². The third-order valence-corrected chi connectivity index (χ3v) is 3.39. The Morgan fingerprint density at radius 1 is 1.32 bits per heavy atom. The van der Waals surface area contributed by atoms with Crippen LogP contribution in [0.4, 0.5) is 8.78 Å². The molecule has 0 bridgehead atoms. The zero-order chi connectivity index (χ0) is 14.0. The molecule has 0 saturated heterocycles. The summed E-state index contributed by atoms with van der Waals surface area (Å²) in [7, 11) is 3.72. The van der Waals surface area contributed by atoms with Gasteiger partial charge in [0.15, 0.2) is 0 Å². The van der Waals surface area contributed by atoms with Gasteiger partial charge < -0.3 is 4.57 Å². The standard InChI is InChI=1S/C14H17F2N3/c1-10(14-11(15)5-4-6-12(14)16)19(3)9-13-17-7-8-18(13)2/h4-8,10H,9H2,1-3H3. The van der Waals surface area contributed by atoms with Gasteiger partial charge >= 0.3 is 0 Å². The number of hydrogen-bond acceptors (Lipinski definition) is 2. The van der Waals surface area contributed by atoms with Crippen LogP contribution in [0.1, 0.15) is 24.4 Å². The molecule has 2 rings (SSSR count). The van der Waals surface area contributed by atoms with Crippen LogP contribution in [0, 0.1) is 11.6 Å². The second kappa shape index (κ2) is 5.48. The minimum atomic E-state index is -0.515. The molecule has 0 N–H and O–H groups in total. The fourth-order valence-electron chi connectivity index (χ4n) is 2.04. The summed E-state index contributed by atoms with van der Waals surface area (Å²) in [6.45, 7) is 2.31. The van der Waals surface area contributed by atoms with Gasteiger partial charge in [-0.25, -0.2) is 13.8 Å². The minimum Gasteiger partial charge on any atom is -0.337 e. The maximum atomic E-state index is 13.7. The number of nitrogens with zero attached hydrogens (tertiary/aromatic N) is 3. The SMILES string of the molecule is CC(c1c(F)cccc1F)N(C)Cc1nccn1C. The quantitative estimate of drug-likeness (QED) is 0.847. The predicted molar refractivity (Wildman–Crippen MR) is 69.4 cm³/mol. The Kier molecular flexibility index (Phi) is 3.95. The van der Waals surface area contributed by atoms with E-state index in [0.717, 1.165) is 5.82 Å². The summed E-state index contributed by atoms with van der Waals surface area (Å²) in [6.07, 6.45) is 3.55. The highest BCUT2D eigenvalue weighted by molar-refractivity contribution is 5.22. The first-order valence-corrected chi connectivity index (χ1v) is 6.11. The summed E-state index contributed by atoms with van der Waals surface area (Å²) < 4.78 is 29.4. The second-order valence-corrected chi connectivity index (χ2v) is 4.68. The van der Waals surface area contributed by atoms with E-state index in [4.69, 9.17) is 0 Å². The third-order valence-electron chi connectivity index (χ3n) is 3.39. The van der Waals surface area contributed by atoms with Crippen LogP contribution in [0.5, 0.6) is 0 Å². The van der Waals surface area contributed by atoms with Gasteiger partial charge in [-0.05, 0) is 26.1 Å². The van der Waals surface area contributed by atoms with Crippen molar-refractivity contribution in [2.75, 3.05) is 7.05 Å². The van der Waals surface area contributed by atoms with Crippen molar-refractivity contribution in [3.05, 3.63) is 53.6 Å². The zero-order valence-corrected chi connectivity index (χ0v) is 11.3. The van der Waals surface area contributed by atoms with Crippen molar-refractivity contribution in [1.29, 1.82) is 0 Å². The summed E-state index contributed by atoms with van der Waals surface area (Å²) in [5.41, 5.74) is 0.0965. The Morgan fingerprint density at radius 3 is 2.47 bits per heavy atom. The van der Waals surface area contributed by atoms with Crippen molar-refractivity contribution in [3.63, 3.8) is 0 Å². The van der Waals surface area contributed by atoms with Crippen molar-refractivity contribution < 1.29 is 8.78 Å². The molecule has 0 aliphatic carbocycles. The summed E-state index contributed by atoms with van der Waals surface area (Å²) in [5.74, 6) is -0.176. The van der Waals surface area contributed by atoms with E-state index in [1.165, 1.54) is 18.2 Å². The molecule has 1 aromatic heterocycles. The lowest BCUT2D eigenvalue weighted by Crippen LogP contribution is -2.25. The van der Waals surface area contributed by atoms with E-state index in [0.29, 0.717) is 6.54 Å². The monoisotopic (exact) mass is 265 g/mol. The van der Waals surface area contributed by atoms with Gasteiger partial charge in [0, 0.05) is 31.0 Å². The van der Waals surface area contributed by atoms with E-state index in [9.17, 15) is 8.78 Å². The fraction of sp³-hybridized carbons (Fsp3) is 0.357. The van der Waals surface area contributed by atoms with E-state index in [2.05, 4.69) is 4.98 Å². The summed E-state index contributed by atoms with van der Waals surface area (Å²) >= 11 is 0. The number of imidazole rings is 1. The fourth-order valence-corrected chi connectivity index (χ4v) is 2.04.